The van der Waals surface area contributed by atoms with Crippen LogP contribution in [0.15, 0.2) is 36.7 Å². The first-order chi connectivity index (χ1) is 14.5. The first kappa shape index (κ1) is 19.0. The number of anilines is 2. The van der Waals surface area contributed by atoms with Crippen LogP contribution in [0, 0.1) is 6.92 Å². The maximum absolute atomic E-state index is 12.8. The Balaban J connectivity index is 1.35. The molecule has 1 unspecified atom stereocenters. The van der Waals surface area contributed by atoms with Gasteiger partial charge >= 0.3 is 0 Å². The zero-order chi connectivity index (χ0) is 20.8. The number of aromatic nitrogens is 4. The molecule has 0 bridgehead atoms. The Bertz CT molecular complexity index is 1240. The van der Waals surface area contributed by atoms with E-state index in [0.29, 0.717) is 16.7 Å². The van der Waals surface area contributed by atoms with Gasteiger partial charge in [0.15, 0.2) is 5.01 Å². The lowest BCUT2D eigenvalue weighted by Gasteiger charge is -2.20. The molecule has 0 radical (unpaired) electrons. The molecule has 1 atom stereocenters. The van der Waals surface area contributed by atoms with E-state index in [1.54, 1.807) is 0 Å². The van der Waals surface area contributed by atoms with Gasteiger partial charge in [-0.2, -0.15) is 0 Å². The number of likely N-dealkylation sites (N-methyl/N-ethyl adjacent to an activating group) is 1. The molecule has 9 heteroatoms. The topological polar surface area (TPSA) is 78.7 Å². The first-order valence-electron chi connectivity index (χ1n) is 9.92. The van der Waals surface area contributed by atoms with Crippen molar-refractivity contribution in [2.24, 2.45) is 0 Å². The lowest BCUT2D eigenvalue weighted by Crippen LogP contribution is -2.31. The molecule has 8 nitrogen and oxygen atoms in total. The van der Waals surface area contributed by atoms with E-state index < -0.39 is 0 Å². The van der Waals surface area contributed by atoms with Crippen LogP contribution in [0.4, 0.5) is 11.5 Å². The summed E-state index contributed by atoms with van der Waals surface area (Å²) >= 11 is 1.32. The van der Waals surface area contributed by atoms with E-state index in [0.717, 1.165) is 47.0 Å². The van der Waals surface area contributed by atoms with Gasteiger partial charge in [-0.25, -0.2) is 15.0 Å². The molecule has 1 fully saturated rings. The summed E-state index contributed by atoms with van der Waals surface area (Å²) in [6, 6.07) is 8.22. The summed E-state index contributed by atoms with van der Waals surface area (Å²) in [5.74, 6) is 0.716. The van der Waals surface area contributed by atoms with Gasteiger partial charge in [-0.05, 0) is 51.7 Å². The molecule has 1 aliphatic rings. The van der Waals surface area contributed by atoms with Crippen molar-refractivity contribution in [2.45, 2.75) is 19.4 Å². The van der Waals surface area contributed by atoms with Crippen molar-refractivity contribution in [1.29, 1.82) is 0 Å². The summed E-state index contributed by atoms with van der Waals surface area (Å²) in [7, 11) is 4.23. The van der Waals surface area contributed by atoms with Crippen LogP contribution in [0.3, 0.4) is 0 Å². The number of amides is 1. The number of rotatable bonds is 4. The standard InChI is InChI=1S/C21H23N7OS/c1-13-10-28-11-14(4-6-17(28)22-13)23-19(29)21-24-16-5-7-18(25-20(16)30-21)27-9-8-15(12-27)26(2)3/h4-7,10-11,15H,8-9,12H2,1-3H3,(H,23,29). The number of carbonyl (C=O) groups is 1. The van der Waals surface area contributed by atoms with E-state index in [2.05, 4.69) is 39.2 Å². The third-order valence-electron chi connectivity index (χ3n) is 5.48. The van der Waals surface area contributed by atoms with Crippen LogP contribution < -0.4 is 10.2 Å². The Hall–Kier alpha value is -3.04. The van der Waals surface area contributed by atoms with Gasteiger partial charge in [0.05, 0.1) is 11.4 Å². The Morgan fingerprint density at radius 3 is 2.83 bits per heavy atom. The molecule has 0 spiro atoms. The fraction of sp³-hybridized carbons (Fsp3) is 0.333. The fourth-order valence-electron chi connectivity index (χ4n) is 3.83. The SMILES string of the molecule is Cc1cn2cc(NC(=O)c3nc4ccc(N5CCC(N(C)C)C5)nc4s3)ccc2n1. The molecule has 1 saturated heterocycles. The zero-order valence-corrected chi connectivity index (χ0v) is 18.0. The van der Waals surface area contributed by atoms with Crippen LogP contribution in [0.25, 0.3) is 16.0 Å². The van der Waals surface area contributed by atoms with E-state index in [1.165, 1.54) is 11.3 Å². The summed E-state index contributed by atoms with van der Waals surface area (Å²) in [5, 5.41) is 3.33. The van der Waals surface area contributed by atoms with Gasteiger partial charge in [0.2, 0.25) is 0 Å². The molecule has 4 aromatic rings. The third kappa shape index (κ3) is 3.50. The number of pyridine rings is 2. The molecule has 0 saturated carbocycles. The maximum atomic E-state index is 12.8. The second kappa shape index (κ2) is 7.33. The van der Waals surface area contributed by atoms with Crippen LogP contribution >= 0.6 is 11.3 Å². The van der Waals surface area contributed by atoms with E-state index in [1.807, 2.05) is 48.0 Å². The highest BCUT2D eigenvalue weighted by Gasteiger charge is 2.25. The zero-order valence-electron chi connectivity index (χ0n) is 17.2. The Morgan fingerprint density at radius 2 is 2.03 bits per heavy atom. The van der Waals surface area contributed by atoms with Gasteiger partial charge in [-0.15, -0.1) is 0 Å². The molecule has 1 N–H and O–H groups in total. The van der Waals surface area contributed by atoms with Gasteiger partial charge in [-0.3, -0.25) is 4.79 Å². The highest BCUT2D eigenvalue weighted by atomic mass is 32.1. The number of hydrogen-bond acceptors (Lipinski definition) is 7. The maximum Gasteiger partial charge on any atom is 0.284 e. The summed E-state index contributed by atoms with van der Waals surface area (Å²) in [5.41, 5.74) is 3.23. The number of aryl methyl sites for hydroxylation is 1. The van der Waals surface area contributed by atoms with Crippen LogP contribution in [0.1, 0.15) is 21.9 Å². The van der Waals surface area contributed by atoms with Crippen LogP contribution in [-0.2, 0) is 0 Å². The minimum atomic E-state index is -0.232. The number of imidazole rings is 1. The number of nitrogens with one attached hydrogen (secondary N) is 1. The van der Waals surface area contributed by atoms with Crippen molar-refractivity contribution >= 4 is 44.7 Å². The van der Waals surface area contributed by atoms with Crippen molar-refractivity contribution < 1.29 is 4.79 Å². The van der Waals surface area contributed by atoms with Crippen molar-refractivity contribution in [3.63, 3.8) is 0 Å². The molecular formula is C21H23N7OS. The minimum Gasteiger partial charge on any atom is -0.355 e. The van der Waals surface area contributed by atoms with Crippen molar-refractivity contribution in [3.8, 4) is 0 Å². The van der Waals surface area contributed by atoms with Gasteiger partial charge < -0.3 is 19.5 Å². The largest absolute Gasteiger partial charge is 0.355 e. The van der Waals surface area contributed by atoms with Gasteiger partial charge in [0.25, 0.3) is 5.91 Å². The molecule has 0 aliphatic carbocycles. The van der Waals surface area contributed by atoms with Crippen molar-refractivity contribution in [2.75, 3.05) is 37.4 Å². The second-order valence-corrected chi connectivity index (χ2v) is 8.86. The number of fused-ring (bicyclic) bond motifs is 2. The average Bonchev–Trinajstić information content (AvgIpc) is 3.44. The molecule has 0 aromatic carbocycles. The molecule has 1 aliphatic heterocycles. The number of carbonyl (C=O) groups excluding carboxylic acids is 1. The van der Waals surface area contributed by atoms with Crippen molar-refractivity contribution in [3.05, 3.63) is 47.4 Å². The van der Waals surface area contributed by atoms with E-state index in [4.69, 9.17) is 4.98 Å². The van der Waals surface area contributed by atoms with Crippen molar-refractivity contribution in [1.82, 2.24) is 24.3 Å². The summed E-state index contributed by atoms with van der Waals surface area (Å²) < 4.78 is 1.90. The third-order valence-corrected chi connectivity index (χ3v) is 6.45. The summed E-state index contributed by atoms with van der Waals surface area (Å²) in [4.78, 5) is 31.8. The normalized spacial score (nSPS) is 16.8. The first-order valence-corrected chi connectivity index (χ1v) is 10.7. The van der Waals surface area contributed by atoms with E-state index in [-0.39, 0.29) is 5.91 Å². The summed E-state index contributed by atoms with van der Waals surface area (Å²) in [6.45, 7) is 3.90. The van der Waals surface area contributed by atoms with Gasteiger partial charge in [0, 0.05) is 31.5 Å². The lowest BCUT2D eigenvalue weighted by molar-refractivity contribution is 0.102. The Kier molecular flexibility index (Phi) is 4.63. The van der Waals surface area contributed by atoms with Gasteiger partial charge in [0.1, 0.15) is 21.8 Å². The molecule has 154 valence electrons. The highest BCUT2D eigenvalue weighted by Crippen LogP contribution is 2.27. The molecule has 5 rings (SSSR count). The van der Waals surface area contributed by atoms with Crippen LogP contribution in [0.5, 0.6) is 0 Å². The number of nitrogens with zero attached hydrogens (tertiary/aromatic N) is 6. The minimum absolute atomic E-state index is 0.232. The Labute approximate surface area is 178 Å². The van der Waals surface area contributed by atoms with Crippen LogP contribution in [-0.4, -0.2) is 63.4 Å². The Morgan fingerprint density at radius 1 is 1.17 bits per heavy atom. The van der Waals surface area contributed by atoms with E-state index >= 15 is 0 Å². The molecule has 4 aromatic heterocycles. The summed E-state index contributed by atoms with van der Waals surface area (Å²) in [6.07, 6.45) is 4.91. The molecule has 30 heavy (non-hydrogen) atoms. The average molecular weight is 422 g/mol. The highest BCUT2D eigenvalue weighted by molar-refractivity contribution is 7.20. The van der Waals surface area contributed by atoms with Crippen LogP contribution in [0.2, 0.25) is 0 Å². The number of thiazole rings is 1. The lowest BCUT2D eigenvalue weighted by atomic mass is 10.2. The molecule has 5 heterocycles. The predicted octanol–water partition coefficient (Wildman–Crippen LogP) is 3.04. The predicted molar refractivity (Wildman–Crippen MR) is 120 cm³/mol. The van der Waals surface area contributed by atoms with Gasteiger partial charge in [-0.1, -0.05) is 11.3 Å². The fourth-order valence-corrected chi connectivity index (χ4v) is 4.66. The molecule has 1 amide bonds. The molecular weight excluding hydrogens is 398 g/mol. The van der Waals surface area contributed by atoms with E-state index in [9.17, 15) is 4.79 Å². The number of hydrogen-bond donors (Lipinski definition) is 1. The monoisotopic (exact) mass is 421 g/mol. The smallest absolute Gasteiger partial charge is 0.284 e. The quantitative estimate of drug-likeness (QED) is 0.546. The second-order valence-electron chi connectivity index (χ2n) is 7.88.